The summed E-state index contributed by atoms with van der Waals surface area (Å²) in [5.74, 6) is 6.58. The first-order chi connectivity index (χ1) is 8.66. The highest BCUT2D eigenvalue weighted by atomic mass is 15.0. The highest BCUT2D eigenvalue weighted by molar-refractivity contribution is 5.55. The Balaban J connectivity index is 2.21. The van der Waals surface area contributed by atoms with E-state index in [4.69, 9.17) is 11.5 Å². The summed E-state index contributed by atoms with van der Waals surface area (Å²) in [5, 5.41) is 0. The van der Waals surface area contributed by atoms with Crippen LogP contribution in [0.1, 0.15) is 16.8 Å². The first-order valence-corrected chi connectivity index (χ1v) is 5.59. The van der Waals surface area contributed by atoms with Crippen molar-refractivity contribution in [2.24, 2.45) is 0 Å². The van der Waals surface area contributed by atoms with Crippen LogP contribution < -0.4 is 11.5 Å². The molecule has 0 amide bonds. The predicted octanol–water partition coefficient (Wildman–Crippen LogP) is 1.54. The normalized spacial score (nSPS) is 9.61. The van der Waals surface area contributed by atoms with E-state index in [9.17, 15) is 0 Å². The van der Waals surface area contributed by atoms with Crippen molar-refractivity contribution in [1.82, 2.24) is 9.97 Å². The van der Waals surface area contributed by atoms with E-state index in [1.54, 1.807) is 0 Å². The topological polar surface area (TPSA) is 77.8 Å². The van der Waals surface area contributed by atoms with Gasteiger partial charge in [0.25, 0.3) is 0 Å². The van der Waals surface area contributed by atoms with Crippen LogP contribution >= 0.6 is 0 Å². The molecule has 2 aromatic rings. The van der Waals surface area contributed by atoms with E-state index in [2.05, 4.69) is 21.8 Å². The zero-order valence-electron chi connectivity index (χ0n) is 10.1. The van der Waals surface area contributed by atoms with E-state index in [0.717, 1.165) is 5.56 Å². The lowest BCUT2D eigenvalue weighted by atomic mass is 10.1. The van der Waals surface area contributed by atoms with Gasteiger partial charge in [0.15, 0.2) is 0 Å². The Morgan fingerprint density at radius 2 is 1.83 bits per heavy atom. The molecule has 0 atom stereocenters. The molecule has 0 saturated heterocycles. The molecule has 0 bridgehead atoms. The largest absolute Gasteiger partial charge is 0.382 e. The third kappa shape index (κ3) is 2.77. The summed E-state index contributed by atoms with van der Waals surface area (Å²) in [6.45, 7) is 1.82. The van der Waals surface area contributed by atoms with Gasteiger partial charge in [-0.1, -0.05) is 42.2 Å². The lowest BCUT2D eigenvalue weighted by Gasteiger charge is -2.02. The maximum Gasteiger partial charge on any atom is 0.222 e. The Hall–Kier alpha value is -2.54. The van der Waals surface area contributed by atoms with Crippen LogP contribution in [0.15, 0.2) is 30.3 Å². The number of aryl methyl sites for hydroxylation is 1. The summed E-state index contributed by atoms with van der Waals surface area (Å²) in [6, 6.07) is 10.0. The molecule has 90 valence electrons. The summed E-state index contributed by atoms with van der Waals surface area (Å²) >= 11 is 0. The molecule has 1 heterocycles. The summed E-state index contributed by atoms with van der Waals surface area (Å²) in [6.07, 6.45) is 0.671. The van der Waals surface area contributed by atoms with Crippen LogP contribution in [0.4, 0.5) is 11.8 Å². The second-order valence-electron chi connectivity index (χ2n) is 3.89. The van der Waals surface area contributed by atoms with Crippen molar-refractivity contribution in [1.29, 1.82) is 0 Å². The van der Waals surface area contributed by atoms with Crippen molar-refractivity contribution >= 4 is 11.8 Å². The Bertz CT molecular complexity index is 586. The van der Waals surface area contributed by atoms with E-state index >= 15 is 0 Å². The van der Waals surface area contributed by atoms with Crippen molar-refractivity contribution in [3.8, 4) is 11.8 Å². The number of nitrogens with zero attached hydrogens (tertiary/aromatic N) is 2. The molecule has 0 unspecified atom stereocenters. The Morgan fingerprint density at radius 3 is 2.50 bits per heavy atom. The Labute approximate surface area is 106 Å². The quantitative estimate of drug-likeness (QED) is 0.739. The first-order valence-electron chi connectivity index (χ1n) is 5.59. The monoisotopic (exact) mass is 238 g/mol. The van der Waals surface area contributed by atoms with Gasteiger partial charge in [-0.2, -0.15) is 4.98 Å². The van der Waals surface area contributed by atoms with Crippen molar-refractivity contribution in [2.75, 3.05) is 11.5 Å². The van der Waals surface area contributed by atoms with Crippen LogP contribution in [0.3, 0.4) is 0 Å². The number of nitrogens with two attached hydrogens (primary N) is 2. The minimum atomic E-state index is 0.179. The average molecular weight is 238 g/mol. The van der Waals surface area contributed by atoms with Gasteiger partial charge >= 0.3 is 0 Å². The number of rotatable bonds is 1. The molecule has 0 radical (unpaired) electrons. The van der Waals surface area contributed by atoms with E-state index in [-0.39, 0.29) is 5.95 Å². The molecular formula is C14H14N4. The molecule has 4 nitrogen and oxygen atoms in total. The minimum Gasteiger partial charge on any atom is -0.382 e. The van der Waals surface area contributed by atoms with E-state index < -0.39 is 0 Å². The third-order valence-corrected chi connectivity index (χ3v) is 2.48. The second-order valence-corrected chi connectivity index (χ2v) is 3.89. The molecule has 0 fully saturated rings. The summed E-state index contributed by atoms with van der Waals surface area (Å²) in [5.41, 5.74) is 13.8. The van der Waals surface area contributed by atoms with Gasteiger partial charge < -0.3 is 11.5 Å². The van der Waals surface area contributed by atoms with Crippen molar-refractivity contribution in [3.05, 3.63) is 47.2 Å². The maximum absolute atomic E-state index is 5.77. The summed E-state index contributed by atoms with van der Waals surface area (Å²) in [4.78, 5) is 7.95. The van der Waals surface area contributed by atoms with Gasteiger partial charge in [-0.05, 0) is 12.5 Å². The molecule has 0 saturated carbocycles. The molecule has 1 aromatic heterocycles. The van der Waals surface area contributed by atoms with Crippen LogP contribution in [-0.4, -0.2) is 9.97 Å². The molecule has 0 aliphatic carbocycles. The minimum absolute atomic E-state index is 0.179. The smallest absolute Gasteiger partial charge is 0.222 e. The molecule has 0 aliphatic rings. The average Bonchev–Trinajstić information content (AvgIpc) is 2.34. The fourth-order valence-corrected chi connectivity index (χ4v) is 1.60. The fraction of sp³-hybridized carbons (Fsp3) is 0.143. The second kappa shape index (κ2) is 5.19. The highest BCUT2D eigenvalue weighted by Crippen LogP contribution is 2.12. The van der Waals surface area contributed by atoms with E-state index in [0.29, 0.717) is 23.5 Å². The molecule has 18 heavy (non-hydrogen) atoms. The Morgan fingerprint density at radius 1 is 1.11 bits per heavy atom. The number of hydrogen-bond acceptors (Lipinski definition) is 4. The first kappa shape index (κ1) is 11.9. The van der Waals surface area contributed by atoms with Crippen LogP contribution in [-0.2, 0) is 6.42 Å². The number of benzene rings is 1. The van der Waals surface area contributed by atoms with Crippen molar-refractivity contribution in [2.45, 2.75) is 13.3 Å². The Kier molecular flexibility index (Phi) is 3.44. The molecule has 4 N–H and O–H groups in total. The van der Waals surface area contributed by atoms with Crippen LogP contribution in [0.2, 0.25) is 0 Å². The van der Waals surface area contributed by atoms with Crippen LogP contribution in [0, 0.1) is 18.8 Å². The standard InChI is InChI=1S/C14H14N4/c1-10-12(13(15)18-14(16)17-10)9-5-8-11-6-3-2-4-7-11/h2-4,6-7H,8H2,1H3,(H4,15,16,17,18). The van der Waals surface area contributed by atoms with Gasteiger partial charge in [-0.25, -0.2) is 4.98 Å². The van der Waals surface area contributed by atoms with Crippen LogP contribution in [0.5, 0.6) is 0 Å². The number of aromatic nitrogens is 2. The number of hydrogen-bond donors (Lipinski definition) is 2. The van der Waals surface area contributed by atoms with Crippen molar-refractivity contribution < 1.29 is 0 Å². The lowest BCUT2D eigenvalue weighted by Crippen LogP contribution is -2.04. The lowest BCUT2D eigenvalue weighted by molar-refractivity contribution is 1.11. The molecule has 2 rings (SSSR count). The van der Waals surface area contributed by atoms with Gasteiger partial charge in [0.1, 0.15) is 5.82 Å². The molecular weight excluding hydrogens is 224 g/mol. The molecule has 0 spiro atoms. The predicted molar refractivity (Wildman–Crippen MR) is 72.6 cm³/mol. The van der Waals surface area contributed by atoms with Gasteiger partial charge in [-0.3, -0.25) is 0 Å². The van der Waals surface area contributed by atoms with Gasteiger partial charge in [0.05, 0.1) is 11.3 Å². The zero-order valence-corrected chi connectivity index (χ0v) is 10.1. The molecule has 4 heteroatoms. The number of nitrogen functional groups attached to an aromatic ring is 2. The van der Waals surface area contributed by atoms with E-state index in [1.807, 2.05) is 37.3 Å². The van der Waals surface area contributed by atoms with E-state index in [1.165, 1.54) is 0 Å². The maximum atomic E-state index is 5.77. The summed E-state index contributed by atoms with van der Waals surface area (Å²) < 4.78 is 0. The highest BCUT2D eigenvalue weighted by Gasteiger charge is 2.04. The van der Waals surface area contributed by atoms with Crippen LogP contribution in [0.25, 0.3) is 0 Å². The summed E-state index contributed by atoms with van der Waals surface area (Å²) in [7, 11) is 0. The molecule has 0 aliphatic heterocycles. The SMILES string of the molecule is Cc1nc(N)nc(N)c1C#CCc1ccccc1. The van der Waals surface area contributed by atoms with Gasteiger partial charge in [0.2, 0.25) is 5.95 Å². The zero-order chi connectivity index (χ0) is 13.0. The fourth-order valence-electron chi connectivity index (χ4n) is 1.60. The van der Waals surface area contributed by atoms with Gasteiger partial charge in [-0.15, -0.1) is 0 Å². The number of anilines is 2. The van der Waals surface area contributed by atoms with Gasteiger partial charge in [0, 0.05) is 6.42 Å². The van der Waals surface area contributed by atoms with Crippen molar-refractivity contribution in [3.63, 3.8) is 0 Å². The third-order valence-electron chi connectivity index (χ3n) is 2.48. The molecule has 1 aromatic carbocycles.